The van der Waals surface area contributed by atoms with E-state index in [9.17, 15) is 9.90 Å². The van der Waals surface area contributed by atoms with Gasteiger partial charge in [-0.05, 0) is 18.2 Å². The van der Waals surface area contributed by atoms with Gasteiger partial charge >= 0.3 is 0 Å². The SMILES string of the molecule is COc1cccc(/C=C/CNC(=O)c2ccccc2)c1O. The highest BCUT2D eigenvalue weighted by Gasteiger charge is 2.04. The summed E-state index contributed by atoms with van der Waals surface area (Å²) in [6, 6.07) is 14.3. The zero-order valence-electron chi connectivity index (χ0n) is 11.7. The van der Waals surface area contributed by atoms with Gasteiger partial charge in [-0.15, -0.1) is 0 Å². The molecule has 2 N–H and O–H groups in total. The molecule has 0 radical (unpaired) electrons. The van der Waals surface area contributed by atoms with Crippen molar-refractivity contribution in [2.24, 2.45) is 0 Å². The summed E-state index contributed by atoms with van der Waals surface area (Å²) >= 11 is 0. The zero-order valence-corrected chi connectivity index (χ0v) is 11.7. The van der Waals surface area contributed by atoms with E-state index in [1.165, 1.54) is 7.11 Å². The molecular weight excluding hydrogens is 266 g/mol. The molecule has 4 heteroatoms. The molecule has 0 heterocycles. The second-order valence-electron chi connectivity index (χ2n) is 4.38. The number of aromatic hydroxyl groups is 1. The molecule has 1 amide bonds. The van der Waals surface area contributed by atoms with Crippen LogP contribution in [0.25, 0.3) is 6.08 Å². The molecule has 0 unspecified atom stereocenters. The fraction of sp³-hybridized carbons (Fsp3) is 0.118. The van der Waals surface area contributed by atoms with Crippen molar-refractivity contribution in [3.8, 4) is 11.5 Å². The first kappa shape index (κ1) is 14.7. The lowest BCUT2D eigenvalue weighted by molar-refractivity contribution is 0.0958. The van der Waals surface area contributed by atoms with Crippen LogP contribution >= 0.6 is 0 Å². The minimum Gasteiger partial charge on any atom is -0.504 e. The van der Waals surface area contributed by atoms with E-state index in [0.29, 0.717) is 23.4 Å². The van der Waals surface area contributed by atoms with Crippen LogP contribution in [0, 0.1) is 0 Å². The van der Waals surface area contributed by atoms with Crippen molar-refractivity contribution < 1.29 is 14.6 Å². The summed E-state index contributed by atoms with van der Waals surface area (Å²) in [7, 11) is 1.50. The quantitative estimate of drug-likeness (QED) is 0.887. The minimum atomic E-state index is -0.130. The van der Waals surface area contributed by atoms with Gasteiger partial charge in [-0.1, -0.05) is 42.5 Å². The van der Waals surface area contributed by atoms with Gasteiger partial charge in [-0.2, -0.15) is 0 Å². The first-order chi connectivity index (χ1) is 10.2. The highest BCUT2D eigenvalue weighted by atomic mass is 16.5. The van der Waals surface area contributed by atoms with Crippen molar-refractivity contribution in [3.63, 3.8) is 0 Å². The Kier molecular flexibility index (Phi) is 4.99. The Hall–Kier alpha value is -2.75. The van der Waals surface area contributed by atoms with E-state index in [4.69, 9.17) is 4.74 Å². The number of amides is 1. The summed E-state index contributed by atoms with van der Waals surface area (Å²) in [6.45, 7) is 0.379. The number of phenols is 1. The number of ether oxygens (including phenoxy) is 1. The van der Waals surface area contributed by atoms with Crippen LogP contribution in [0.3, 0.4) is 0 Å². The smallest absolute Gasteiger partial charge is 0.251 e. The molecule has 108 valence electrons. The standard InChI is InChI=1S/C17H17NO3/c1-21-15-11-5-9-13(16(15)19)10-6-12-18-17(20)14-7-3-2-4-8-14/h2-11,19H,12H2,1H3,(H,18,20)/b10-6+. The Morgan fingerprint density at radius 1 is 1.19 bits per heavy atom. The van der Waals surface area contributed by atoms with Crippen molar-refractivity contribution in [1.82, 2.24) is 5.32 Å². The topological polar surface area (TPSA) is 58.6 Å². The maximum Gasteiger partial charge on any atom is 0.251 e. The maximum atomic E-state index is 11.8. The highest BCUT2D eigenvalue weighted by Crippen LogP contribution is 2.29. The lowest BCUT2D eigenvalue weighted by Crippen LogP contribution is -2.23. The molecule has 0 saturated heterocycles. The largest absolute Gasteiger partial charge is 0.504 e. The van der Waals surface area contributed by atoms with Crippen LogP contribution in [0.1, 0.15) is 15.9 Å². The first-order valence-corrected chi connectivity index (χ1v) is 6.58. The summed E-state index contributed by atoms with van der Waals surface area (Å²) in [5, 5.41) is 12.7. The summed E-state index contributed by atoms with van der Waals surface area (Å²) in [5.74, 6) is 0.381. The highest BCUT2D eigenvalue weighted by molar-refractivity contribution is 5.94. The number of carbonyl (C=O) groups is 1. The monoisotopic (exact) mass is 283 g/mol. The van der Waals surface area contributed by atoms with Crippen molar-refractivity contribution in [1.29, 1.82) is 0 Å². The molecular formula is C17H17NO3. The van der Waals surface area contributed by atoms with E-state index in [0.717, 1.165) is 0 Å². The molecule has 0 aliphatic heterocycles. The molecule has 0 aliphatic rings. The molecule has 4 nitrogen and oxygen atoms in total. The second-order valence-corrected chi connectivity index (χ2v) is 4.38. The molecule has 0 atom stereocenters. The number of phenolic OH excluding ortho intramolecular Hbond substituents is 1. The molecule has 0 spiro atoms. The molecule has 21 heavy (non-hydrogen) atoms. The van der Waals surface area contributed by atoms with Gasteiger partial charge in [0.2, 0.25) is 0 Å². The van der Waals surface area contributed by atoms with Gasteiger partial charge in [0, 0.05) is 17.7 Å². The van der Waals surface area contributed by atoms with Crippen LogP contribution in [0.15, 0.2) is 54.6 Å². The lowest BCUT2D eigenvalue weighted by Gasteiger charge is -2.05. The van der Waals surface area contributed by atoms with Crippen molar-refractivity contribution >= 4 is 12.0 Å². The average Bonchev–Trinajstić information content (AvgIpc) is 2.53. The third kappa shape index (κ3) is 3.86. The van der Waals surface area contributed by atoms with Crippen molar-refractivity contribution in [2.45, 2.75) is 0 Å². The van der Waals surface area contributed by atoms with Crippen molar-refractivity contribution in [3.05, 3.63) is 65.7 Å². The fourth-order valence-electron chi connectivity index (χ4n) is 1.87. The fourth-order valence-corrected chi connectivity index (χ4v) is 1.87. The Bertz CT molecular complexity index is 636. The number of rotatable bonds is 5. The molecule has 0 saturated carbocycles. The van der Waals surface area contributed by atoms with Crippen LogP contribution in [0.5, 0.6) is 11.5 Å². The second kappa shape index (κ2) is 7.14. The Morgan fingerprint density at radius 2 is 1.95 bits per heavy atom. The lowest BCUT2D eigenvalue weighted by atomic mass is 10.1. The summed E-state index contributed by atoms with van der Waals surface area (Å²) in [4.78, 5) is 11.8. The molecule has 2 rings (SSSR count). The van der Waals surface area contributed by atoms with Gasteiger partial charge in [-0.3, -0.25) is 4.79 Å². The predicted molar refractivity (Wildman–Crippen MR) is 82.5 cm³/mol. The van der Waals surface area contributed by atoms with E-state index < -0.39 is 0 Å². The van der Waals surface area contributed by atoms with E-state index in [-0.39, 0.29) is 11.7 Å². The minimum absolute atomic E-state index is 0.0886. The average molecular weight is 283 g/mol. The molecule has 2 aromatic carbocycles. The molecule has 0 bridgehead atoms. The maximum absolute atomic E-state index is 11.8. The van der Waals surface area contributed by atoms with Gasteiger partial charge in [0.15, 0.2) is 11.5 Å². The summed E-state index contributed by atoms with van der Waals surface area (Å²) in [5.41, 5.74) is 1.26. The van der Waals surface area contributed by atoms with E-state index in [2.05, 4.69) is 5.32 Å². The number of benzene rings is 2. The first-order valence-electron chi connectivity index (χ1n) is 6.58. The third-order valence-corrected chi connectivity index (χ3v) is 2.96. The number of para-hydroxylation sites is 1. The molecule has 0 fully saturated rings. The molecule has 0 aromatic heterocycles. The number of nitrogens with one attached hydrogen (secondary N) is 1. The van der Waals surface area contributed by atoms with Crippen LogP contribution in [-0.2, 0) is 0 Å². The Morgan fingerprint density at radius 3 is 2.67 bits per heavy atom. The van der Waals surface area contributed by atoms with Crippen LogP contribution in [0.4, 0.5) is 0 Å². The van der Waals surface area contributed by atoms with Crippen molar-refractivity contribution in [2.75, 3.05) is 13.7 Å². The van der Waals surface area contributed by atoms with Gasteiger partial charge in [0.05, 0.1) is 7.11 Å². The van der Waals surface area contributed by atoms with E-state index in [1.807, 2.05) is 18.2 Å². The number of carbonyl (C=O) groups excluding carboxylic acids is 1. The molecule has 0 aliphatic carbocycles. The van der Waals surface area contributed by atoms with E-state index >= 15 is 0 Å². The normalized spacial score (nSPS) is 10.5. The van der Waals surface area contributed by atoms with Gasteiger partial charge in [0.25, 0.3) is 5.91 Å². The third-order valence-electron chi connectivity index (χ3n) is 2.96. The van der Waals surface area contributed by atoms with Gasteiger partial charge in [-0.25, -0.2) is 0 Å². The van der Waals surface area contributed by atoms with Crippen LogP contribution in [-0.4, -0.2) is 24.7 Å². The summed E-state index contributed by atoms with van der Waals surface area (Å²) < 4.78 is 5.03. The Labute approximate surface area is 123 Å². The zero-order chi connectivity index (χ0) is 15.1. The number of methoxy groups -OCH3 is 1. The Balaban J connectivity index is 1.93. The predicted octanol–water partition coefficient (Wildman–Crippen LogP) is 2.84. The number of hydrogen-bond acceptors (Lipinski definition) is 3. The van der Waals surface area contributed by atoms with E-state index in [1.54, 1.807) is 42.5 Å². The number of hydrogen-bond donors (Lipinski definition) is 2. The molecule has 2 aromatic rings. The van der Waals surface area contributed by atoms with Crippen LogP contribution in [0.2, 0.25) is 0 Å². The van der Waals surface area contributed by atoms with Crippen LogP contribution < -0.4 is 10.1 Å². The van der Waals surface area contributed by atoms with Gasteiger partial charge in [0.1, 0.15) is 0 Å². The van der Waals surface area contributed by atoms with Gasteiger partial charge < -0.3 is 15.2 Å². The summed E-state index contributed by atoms with van der Waals surface area (Å²) in [6.07, 6.45) is 3.51.